The Morgan fingerprint density at radius 3 is 1.64 bits per heavy atom. The molecule has 0 saturated heterocycles. The van der Waals surface area contributed by atoms with Gasteiger partial charge >= 0.3 is 0 Å². The standard InChI is InChI=1S/C49H27N3OS2/c1-2-12-29-27-30(26-25-28(29)11-1)47-50-48(52-49(51-47)37-19-10-24-42-45(37)34-14-4-6-22-40(34)55-42)36-18-8-20-38-43(36)35-17-7-16-32(46(35)53-38)31-15-9-23-41-44(31)33-13-3-5-21-39(33)54-41/h1-27H. The van der Waals surface area contributed by atoms with Crippen LogP contribution < -0.4 is 0 Å². The van der Waals surface area contributed by atoms with Crippen LogP contribution in [0, 0.1) is 0 Å². The third-order valence-electron chi connectivity index (χ3n) is 10.7. The maximum absolute atomic E-state index is 6.84. The van der Waals surface area contributed by atoms with Crippen molar-refractivity contribution in [1.82, 2.24) is 15.0 Å². The predicted molar refractivity (Wildman–Crippen MR) is 232 cm³/mol. The SMILES string of the molecule is c1ccc2cc(-c3nc(-c4cccc5oc6c(-c7cccc8sc9ccccc9c78)cccc6c45)nc(-c4cccc5sc6ccccc6c45)n3)ccc2c1. The number of thiophene rings is 2. The molecule has 4 nitrogen and oxygen atoms in total. The molecule has 0 N–H and O–H groups in total. The molecule has 0 aliphatic heterocycles. The van der Waals surface area contributed by atoms with Crippen LogP contribution in [0.2, 0.25) is 0 Å². The van der Waals surface area contributed by atoms with Gasteiger partial charge in [0.05, 0.1) is 0 Å². The average molecular weight is 738 g/mol. The average Bonchev–Trinajstić information content (AvgIpc) is 3.95. The van der Waals surface area contributed by atoms with Crippen LogP contribution in [0.3, 0.4) is 0 Å². The molecule has 12 rings (SSSR count). The van der Waals surface area contributed by atoms with Gasteiger partial charge in [0.15, 0.2) is 17.5 Å². The molecular weight excluding hydrogens is 711 g/mol. The molecule has 55 heavy (non-hydrogen) atoms. The summed E-state index contributed by atoms with van der Waals surface area (Å²) in [4.78, 5) is 15.8. The van der Waals surface area contributed by atoms with Crippen LogP contribution in [-0.4, -0.2) is 15.0 Å². The van der Waals surface area contributed by atoms with E-state index >= 15 is 0 Å². The van der Waals surface area contributed by atoms with E-state index in [1.54, 1.807) is 11.3 Å². The van der Waals surface area contributed by atoms with Gasteiger partial charge in [0, 0.05) is 73.4 Å². The third-order valence-corrected chi connectivity index (χ3v) is 13.0. The summed E-state index contributed by atoms with van der Waals surface area (Å²) in [7, 11) is 0. The summed E-state index contributed by atoms with van der Waals surface area (Å²) in [6.45, 7) is 0. The lowest BCUT2D eigenvalue weighted by Crippen LogP contribution is -2.00. The number of furan rings is 1. The van der Waals surface area contributed by atoms with Crippen LogP contribution in [0.15, 0.2) is 168 Å². The van der Waals surface area contributed by atoms with Crippen LogP contribution in [0.1, 0.15) is 0 Å². The summed E-state index contributed by atoms with van der Waals surface area (Å²) in [5.41, 5.74) is 6.71. The van der Waals surface area contributed by atoms with Gasteiger partial charge in [0.1, 0.15) is 11.2 Å². The molecule has 4 aromatic heterocycles. The molecule has 0 bridgehead atoms. The monoisotopic (exact) mass is 737 g/mol. The van der Waals surface area contributed by atoms with E-state index in [1.807, 2.05) is 23.5 Å². The topological polar surface area (TPSA) is 51.8 Å². The van der Waals surface area contributed by atoms with Gasteiger partial charge in [-0.05, 0) is 52.7 Å². The molecule has 8 aromatic carbocycles. The zero-order valence-electron chi connectivity index (χ0n) is 29.2. The first-order chi connectivity index (χ1) is 27.2. The van der Waals surface area contributed by atoms with Gasteiger partial charge in [0.2, 0.25) is 0 Å². The molecule has 0 aliphatic carbocycles. The van der Waals surface area contributed by atoms with Crippen LogP contribution in [0.25, 0.3) is 118 Å². The first-order valence-electron chi connectivity index (χ1n) is 18.3. The number of fused-ring (bicyclic) bond motifs is 10. The highest BCUT2D eigenvalue weighted by atomic mass is 32.1. The van der Waals surface area contributed by atoms with Gasteiger partial charge < -0.3 is 4.42 Å². The molecule has 6 heteroatoms. The lowest BCUT2D eigenvalue weighted by atomic mass is 9.97. The van der Waals surface area contributed by atoms with E-state index in [4.69, 9.17) is 19.4 Å². The minimum atomic E-state index is 0.606. The van der Waals surface area contributed by atoms with E-state index in [9.17, 15) is 0 Å². The molecule has 12 aromatic rings. The molecule has 0 unspecified atom stereocenters. The number of aromatic nitrogens is 3. The Balaban J connectivity index is 1.12. The molecular formula is C49H27N3OS2. The lowest BCUT2D eigenvalue weighted by molar-refractivity contribution is 0.670. The Labute approximate surface area is 322 Å². The Hall–Kier alpha value is -6.73. The van der Waals surface area contributed by atoms with Crippen molar-refractivity contribution in [1.29, 1.82) is 0 Å². The Morgan fingerprint density at radius 1 is 0.364 bits per heavy atom. The fourth-order valence-electron chi connectivity index (χ4n) is 8.28. The number of hydrogen-bond acceptors (Lipinski definition) is 6. The second-order valence-electron chi connectivity index (χ2n) is 13.9. The number of hydrogen-bond donors (Lipinski definition) is 0. The summed E-state index contributed by atoms with van der Waals surface area (Å²) in [5.74, 6) is 1.88. The smallest absolute Gasteiger partial charge is 0.164 e. The first kappa shape index (κ1) is 30.7. The fourth-order valence-corrected chi connectivity index (χ4v) is 10.5. The third kappa shape index (κ3) is 4.72. The van der Waals surface area contributed by atoms with Gasteiger partial charge in [0.25, 0.3) is 0 Å². The zero-order valence-corrected chi connectivity index (χ0v) is 30.8. The van der Waals surface area contributed by atoms with E-state index in [-0.39, 0.29) is 0 Å². The van der Waals surface area contributed by atoms with E-state index in [0.29, 0.717) is 17.5 Å². The van der Waals surface area contributed by atoms with E-state index in [1.165, 1.54) is 45.9 Å². The maximum Gasteiger partial charge on any atom is 0.164 e. The quantitative estimate of drug-likeness (QED) is 0.180. The highest BCUT2D eigenvalue weighted by Gasteiger charge is 2.22. The second-order valence-corrected chi connectivity index (χ2v) is 16.1. The maximum atomic E-state index is 6.84. The van der Waals surface area contributed by atoms with Gasteiger partial charge in [-0.3, -0.25) is 0 Å². The molecule has 0 saturated carbocycles. The Kier molecular flexibility index (Phi) is 6.64. The zero-order chi connectivity index (χ0) is 36.0. The van der Waals surface area contributed by atoms with Gasteiger partial charge in [-0.15, -0.1) is 22.7 Å². The minimum absolute atomic E-state index is 0.606. The lowest BCUT2D eigenvalue weighted by Gasteiger charge is -2.11. The highest BCUT2D eigenvalue weighted by Crippen LogP contribution is 2.45. The molecule has 4 heterocycles. The number of nitrogens with zero attached hydrogens (tertiary/aromatic N) is 3. The van der Waals surface area contributed by atoms with Crippen LogP contribution in [0.4, 0.5) is 0 Å². The molecule has 0 fully saturated rings. The van der Waals surface area contributed by atoms with Crippen molar-refractivity contribution in [3.8, 4) is 45.3 Å². The highest BCUT2D eigenvalue weighted by molar-refractivity contribution is 7.26. The molecule has 256 valence electrons. The van der Waals surface area contributed by atoms with Gasteiger partial charge in [-0.1, -0.05) is 127 Å². The molecule has 0 aliphatic rings. The van der Waals surface area contributed by atoms with Crippen LogP contribution >= 0.6 is 22.7 Å². The Morgan fingerprint density at radius 2 is 0.891 bits per heavy atom. The van der Waals surface area contributed by atoms with Crippen molar-refractivity contribution in [2.75, 3.05) is 0 Å². The molecule has 0 radical (unpaired) electrons. The molecule has 0 atom stereocenters. The van der Waals surface area contributed by atoms with Crippen molar-refractivity contribution in [2.45, 2.75) is 0 Å². The largest absolute Gasteiger partial charge is 0.455 e. The number of rotatable bonds is 4. The number of benzene rings is 8. The fraction of sp³-hybridized carbons (Fsp3) is 0. The normalized spacial score (nSPS) is 12.0. The van der Waals surface area contributed by atoms with Crippen LogP contribution in [-0.2, 0) is 0 Å². The van der Waals surface area contributed by atoms with Crippen LogP contribution in [0.5, 0.6) is 0 Å². The molecule has 0 spiro atoms. The predicted octanol–water partition coefficient (Wildman–Crippen LogP) is 14.3. The van der Waals surface area contributed by atoms with E-state index in [2.05, 4.69) is 152 Å². The summed E-state index contributed by atoms with van der Waals surface area (Å²) in [6, 6.07) is 57.7. The van der Waals surface area contributed by atoms with Gasteiger partial charge in [-0.25, -0.2) is 15.0 Å². The van der Waals surface area contributed by atoms with Crippen molar-refractivity contribution in [3.05, 3.63) is 164 Å². The summed E-state index contributed by atoms with van der Waals surface area (Å²) in [5, 5.41) is 9.22. The van der Waals surface area contributed by atoms with Gasteiger partial charge in [-0.2, -0.15) is 0 Å². The second kappa shape index (κ2) is 11.9. The summed E-state index contributed by atoms with van der Waals surface area (Å²) >= 11 is 3.62. The first-order valence-corrected chi connectivity index (χ1v) is 19.9. The minimum Gasteiger partial charge on any atom is -0.455 e. The summed E-state index contributed by atoms with van der Waals surface area (Å²) < 4.78 is 11.8. The van der Waals surface area contributed by atoms with E-state index in [0.717, 1.165) is 55.0 Å². The van der Waals surface area contributed by atoms with Crippen molar-refractivity contribution in [2.24, 2.45) is 0 Å². The summed E-state index contributed by atoms with van der Waals surface area (Å²) in [6.07, 6.45) is 0. The van der Waals surface area contributed by atoms with E-state index < -0.39 is 0 Å². The Bertz CT molecular complexity index is 3520. The van der Waals surface area contributed by atoms with Crippen molar-refractivity contribution in [3.63, 3.8) is 0 Å². The van der Waals surface area contributed by atoms with Crippen molar-refractivity contribution < 1.29 is 4.42 Å². The number of para-hydroxylation sites is 1. The van der Waals surface area contributed by atoms with Crippen molar-refractivity contribution >= 4 is 95.7 Å². The molecule has 0 amide bonds.